The lowest BCUT2D eigenvalue weighted by molar-refractivity contribution is -0.137. The molecule has 0 bridgehead atoms. The molecule has 152 valence electrons. The molecule has 7 heteroatoms. The molecule has 0 atom stereocenters. The average molecular weight is 418 g/mol. The summed E-state index contributed by atoms with van der Waals surface area (Å²) in [5.41, 5.74) is 0.892. The summed E-state index contributed by atoms with van der Waals surface area (Å²) >= 11 is 1.49. The number of hydrogen-bond donors (Lipinski definition) is 0. The average Bonchev–Trinajstić information content (AvgIpc) is 3.35. The molecule has 1 fully saturated rings. The third-order valence-electron chi connectivity index (χ3n) is 5.17. The predicted molar refractivity (Wildman–Crippen MR) is 109 cm³/mol. The summed E-state index contributed by atoms with van der Waals surface area (Å²) in [5, 5.41) is 1.01. The zero-order chi connectivity index (χ0) is 20.4. The molecule has 2 heterocycles. The molecule has 3 aromatic rings. The monoisotopic (exact) mass is 418 g/mol. The van der Waals surface area contributed by atoms with Crippen LogP contribution in [0.1, 0.15) is 24.0 Å². The van der Waals surface area contributed by atoms with Gasteiger partial charge in [0, 0.05) is 41.6 Å². The molecule has 1 aliphatic heterocycles. The van der Waals surface area contributed by atoms with E-state index in [0.29, 0.717) is 17.9 Å². The maximum atomic E-state index is 13.0. The maximum absolute atomic E-state index is 13.0. The Hall–Kier alpha value is -2.41. The summed E-state index contributed by atoms with van der Waals surface area (Å²) in [6.07, 6.45) is -0.294. The summed E-state index contributed by atoms with van der Waals surface area (Å²) < 4.78 is 41.0. The predicted octanol–water partition coefficient (Wildman–Crippen LogP) is 5.42. The fourth-order valence-electron chi connectivity index (χ4n) is 3.70. The molecule has 1 aliphatic rings. The molecular weight excluding hydrogens is 397 g/mol. The molecule has 2 aromatic carbocycles. The number of benzene rings is 2. The fraction of sp³-hybridized carbons (Fsp3) is 0.318. The SMILES string of the molecule is O=C(CSc1cn(Cc2cccc(C(F)(F)F)c2)c2ccccc12)N1CCCC1. The van der Waals surface area contributed by atoms with Gasteiger partial charge >= 0.3 is 6.18 Å². The highest BCUT2D eigenvalue weighted by atomic mass is 32.2. The Balaban J connectivity index is 1.57. The number of carbonyl (C=O) groups is 1. The van der Waals surface area contributed by atoms with Crippen LogP contribution in [-0.2, 0) is 17.5 Å². The number of para-hydroxylation sites is 1. The van der Waals surface area contributed by atoms with E-state index in [4.69, 9.17) is 0 Å². The van der Waals surface area contributed by atoms with E-state index in [2.05, 4.69) is 0 Å². The number of thioether (sulfide) groups is 1. The van der Waals surface area contributed by atoms with Gasteiger partial charge < -0.3 is 9.47 Å². The van der Waals surface area contributed by atoms with Crippen molar-refractivity contribution < 1.29 is 18.0 Å². The Morgan fingerprint density at radius 3 is 2.55 bits per heavy atom. The molecule has 3 nitrogen and oxygen atoms in total. The van der Waals surface area contributed by atoms with Gasteiger partial charge in [0.05, 0.1) is 11.3 Å². The van der Waals surface area contributed by atoms with Crippen molar-refractivity contribution in [3.63, 3.8) is 0 Å². The second kappa shape index (κ2) is 8.14. The van der Waals surface area contributed by atoms with Gasteiger partial charge in [0.2, 0.25) is 5.91 Å². The lowest BCUT2D eigenvalue weighted by Gasteiger charge is -2.14. The fourth-order valence-corrected chi connectivity index (χ4v) is 4.69. The van der Waals surface area contributed by atoms with E-state index in [1.165, 1.54) is 23.9 Å². The van der Waals surface area contributed by atoms with Crippen LogP contribution in [0.15, 0.2) is 59.6 Å². The van der Waals surface area contributed by atoms with Crippen molar-refractivity contribution in [2.45, 2.75) is 30.5 Å². The van der Waals surface area contributed by atoms with E-state index in [1.54, 1.807) is 6.07 Å². The number of fused-ring (bicyclic) bond motifs is 1. The van der Waals surface area contributed by atoms with Crippen LogP contribution in [0.2, 0.25) is 0 Å². The van der Waals surface area contributed by atoms with E-state index in [9.17, 15) is 18.0 Å². The highest BCUT2D eigenvalue weighted by Crippen LogP contribution is 2.32. The van der Waals surface area contributed by atoms with Crippen LogP contribution >= 0.6 is 11.8 Å². The number of amides is 1. The normalized spacial score (nSPS) is 14.7. The minimum absolute atomic E-state index is 0.141. The summed E-state index contributed by atoms with van der Waals surface area (Å²) in [5.74, 6) is 0.514. The first-order valence-electron chi connectivity index (χ1n) is 9.56. The van der Waals surface area contributed by atoms with Gasteiger partial charge in [-0.2, -0.15) is 13.2 Å². The van der Waals surface area contributed by atoms with Gasteiger partial charge in [-0.25, -0.2) is 0 Å². The summed E-state index contributed by atoms with van der Waals surface area (Å²) in [7, 11) is 0. The van der Waals surface area contributed by atoms with Gasteiger partial charge in [-0.05, 0) is 36.6 Å². The van der Waals surface area contributed by atoms with E-state index in [1.807, 2.05) is 39.9 Å². The number of aromatic nitrogens is 1. The van der Waals surface area contributed by atoms with Gasteiger partial charge in [-0.15, -0.1) is 11.8 Å². The van der Waals surface area contributed by atoms with Gasteiger partial charge in [-0.3, -0.25) is 4.79 Å². The second-order valence-electron chi connectivity index (χ2n) is 7.21. The molecule has 0 unspecified atom stereocenters. The largest absolute Gasteiger partial charge is 0.416 e. The van der Waals surface area contributed by atoms with Crippen molar-refractivity contribution in [3.05, 3.63) is 65.9 Å². The molecular formula is C22H21F3N2OS. The van der Waals surface area contributed by atoms with Crippen LogP contribution in [0.5, 0.6) is 0 Å². The lowest BCUT2D eigenvalue weighted by Crippen LogP contribution is -2.29. The Morgan fingerprint density at radius 1 is 1.03 bits per heavy atom. The number of halogens is 3. The van der Waals surface area contributed by atoms with Crippen LogP contribution in [0.4, 0.5) is 13.2 Å². The maximum Gasteiger partial charge on any atom is 0.416 e. The van der Waals surface area contributed by atoms with Crippen LogP contribution in [0.3, 0.4) is 0 Å². The first kappa shape index (κ1) is 19.9. The van der Waals surface area contributed by atoms with E-state index >= 15 is 0 Å². The number of nitrogens with zero attached hydrogens (tertiary/aromatic N) is 2. The van der Waals surface area contributed by atoms with E-state index < -0.39 is 11.7 Å². The van der Waals surface area contributed by atoms with Crippen molar-refractivity contribution in [2.75, 3.05) is 18.8 Å². The summed E-state index contributed by atoms with van der Waals surface area (Å²) in [4.78, 5) is 15.2. The molecule has 0 aliphatic carbocycles. The van der Waals surface area contributed by atoms with Gasteiger partial charge in [0.25, 0.3) is 0 Å². The Labute approximate surface area is 171 Å². The quantitative estimate of drug-likeness (QED) is 0.517. The van der Waals surface area contributed by atoms with Gasteiger partial charge in [0.1, 0.15) is 0 Å². The molecule has 4 rings (SSSR count). The molecule has 29 heavy (non-hydrogen) atoms. The van der Waals surface area contributed by atoms with Crippen molar-refractivity contribution in [1.29, 1.82) is 0 Å². The Morgan fingerprint density at radius 2 is 1.79 bits per heavy atom. The van der Waals surface area contributed by atoms with Crippen LogP contribution in [0, 0.1) is 0 Å². The smallest absolute Gasteiger partial charge is 0.342 e. The zero-order valence-electron chi connectivity index (χ0n) is 15.8. The first-order valence-corrected chi connectivity index (χ1v) is 10.5. The number of alkyl halides is 3. The number of likely N-dealkylation sites (tertiary alicyclic amines) is 1. The van der Waals surface area contributed by atoms with Crippen molar-refractivity contribution in [3.8, 4) is 0 Å². The number of hydrogen-bond acceptors (Lipinski definition) is 2. The number of rotatable bonds is 5. The third kappa shape index (κ3) is 4.45. The van der Waals surface area contributed by atoms with Crippen LogP contribution in [-0.4, -0.2) is 34.2 Å². The van der Waals surface area contributed by atoms with Gasteiger partial charge in [-0.1, -0.05) is 30.3 Å². The first-order chi connectivity index (χ1) is 13.9. The molecule has 1 saturated heterocycles. The molecule has 0 saturated carbocycles. The number of carbonyl (C=O) groups excluding carboxylic acids is 1. The highest BCUT2D eigenvalue weighted by Gasteiger charge is 2.30. The molecule has 1 aromatic heterocycles. The second-order valence-corrected chi connectivity index (χ2v) is 8.23. The van der Waals surface area contributed by atoms with Crippen molar-refractivity contribution in [2.24, 2.45) is 0 Å². The van der Waals surface area contributed by atoms with E-state index in [-0.39, 0.29) is 5.91 Å². The highest BCUT2D eigenvalue weighted by molar-refractivity contribution is 8.00. The van der Waals surface area contributed by atoms with Crippen molar-refractivity contribution >= 4 is 28.6 Å². The zero-order valence-corrected chi connectivity index (χ0v) is 16.6. The molecule has 0 radical (unpaired) electrons. The summed E-state index contributed by atoms with van der Waals surface area (Å²) in [6, 6.07) is 13.2. The molecule has 1 amide bonds. The molecule has 0 spiro atoms. The Kier molecular flexibility index (Phi) is 5.58. The third-order valence-corrected chi connectivity index (χ3v) is 6.20. The van der Waals surface area contributed by atoms with Crippen LogP contribution in [0.25, 0.3) is 10.9 Å². The van der Waals surface area contributed by atoms with Gasteiger partial charge in [0.15, 0.2) is 0 Å². The lowest BCUT2D eigenvalue weighted by atomic mass is 10.1. The standard InChI is InChI=1S/C22H21F3N2OS/c23-22(24,25)17-7-5-6-16(12-17)13-27-14-20(18-8-1-2-9-19(18)27)29-15-21(28)26-10-3-4-11-26/h1-2,5-9,12,14H,3-4,10-11,13,15H2. The minimum atomic E-state index is -4.36. The summed E-state index contributed by atoms with van der Waals surface area (Å²) in [6.45, 7) is 2.00. The molecule has 0 N–H and O–H groups in total. The Bertz CT molecular complexity index is 1020. The minimum Gasteiger partial charge on any atom is -0.342 e. The van der Waals surface area contributed by atoms with E-state index in [0.717, 1.165) is 47.8 Å². The van der Waals surface area contributed by atoms with Crippen LogP contribution < -0.4 is 0 Å². The van der Waals surface area contributed by atoms with Crippen molar-refractivity contribution in [1.82, 2.24) is 9.47 Å². The topological polar surface area (TPSA) is 25.2 Å².